The standard InChI is InChI=1S/C51H58F3N7O8S/c1-33-22-37(51(52,53)54)7-10-41(33)43-26-50(2,3)15-13-36(43)30-58-18-20-59(21-19-58)38-8-11-42(47(24-38)69-39-23-35-14-16-55-49(35)57-28-39)46(62)32-70(66,67)40-9-12-44(45(25-40)61(64)65)56-27-34-6-5-17-60(29-34)48(63)31-68-4/h7-12,14,16,22-25,28,34,56H,5-6,13,15,17-21,26-27,29-32H2,1-4H3,(H,55,57). The predicted molar refractivity (Wildman–Crippen MR) is 261 cm³/mol. The molecular formula is C51H58F3N7O8S. The molecule has 3 aromatic carbocycles. The Balaban J connectivity index is 0.988. The summed E-state index contributed by atoms with van der Waals surface area (Å²) in [6.07, 6.45) is 2.95. The van der Waals surface area contributed by atoms with Gasteiger partial charge in [0.1, 0.15) is 35.2 Å². The number of hydrogen-bond acceptors (Lipinski definition) is 12. The van der Waals surface area contributed by atoms with E-state index in [9.17, 15) is 41.3 Å². The second-order valence-electron chi connectivity index (χ2n) is 19.4. The minimum absolute atomic E-state index is 0.00308. The second-order valence-corrected chi connectivity index (χ2v) is 21.4. The van der Waals surface area contributed by atoms with E-state index in [4.69, 9.17) is 9.47 Å². The number of anilines is 2. The average molecular weight is 986 g/mol. The number of nitrogens with one attached hydrogen (secondary N) is 2. The number of ketones is 1. The van der Waals surface area contributed by atoms with Gasteiger partial charge in [0.05, 0.1) is 27.1 Å². The number of halogens is 3. The fourth-order valence-corrected chi connectivity index (χ4v) is 11.0. The number of aryl methyl sites for hydroxylation is 1. The van der Waals surface area contributed by atoms with Gasteiger partial charge in [-0.25, -0.2) is 13.4 Å². The Hall–Kier alpha value is -6.31. The molecule has 2 aliphatic heterocycles. The maximum Gasteiger partial charge on any atom is 0.416 e. The van der Waals surface area contributed by atoms with E-state index in [1.54, 1.807) is 42.3 Å². The van der Waals surface area contributed by atoms with Gasteiger partial charge < -0.3 is 29.6 Å². The lowest BCUT2D eigenvalue weighted by Crippen LogP contribution is -2.47. The van der Waals surface area contributed by atoms with Crippen LogP contribution in [0.3, 0.4) is 0 Å². The number of ether oxygens (including phenoxy) is 2. The monoisotopic (exact) mass is 985 g/mol. The molecule has 1 atom stereocenters. The molecule has 1 aliphatic carbocycles. The molecule has 2 N–H and O–H groups in total. The van der Waals surface area contributed by atoms with Gasteiger partial charge in [-0.2, -0.15) is 13.2 Å². The van der Waals surface area contributed by atoms with Gasteiger partial charge in [0.2, 0.25) is 5.91 Å². The average Bonchev–Trinajstić information content (AvgIpc) is 3.79. The number of rotatable bonds is 16. The Bertz CT molecular complexity index is 2930. The highest BCUT2D eigenvalue weighted by atomic mass is 32.2. The van der Waals surface area contributed by atoms with Crippen molar-refractivity contribution in [2.24, 2.45) is 11.3 Å². The maximum atomic E-state index is 14.1. The largest absolute Gasteiger partial charge is 0.455 e. The molecule has 4 heterocycles. The topological polar surface area (TPSA) is 180 Å². The van der Waals surface area contributed by atoms with Crippen molar-refractivity contribution in [3.63, 3.8) is 0 Å². The number of pyridine rings is 1. The lowest BCUT2D eigenvalue weighted by atomic mass is 9.72. The number of nitro benzene ring substituents is 1. The summed E-state index contributed by atoms with van der Waals surface area (Å²) in [4.78, 5) is 51.4. The van der Waals surface area contributed by atoms with E-state index < -0.39 is 43.7 Å². The number of sulfone groups is 1. The number of carbonyl (C=O) groups is 2. The molecule has 0 saturated carbocycles. The molecule has 8 rings (SSSR count). The number of aromatic amines is 1. The van der Waals surface area contributed by atoms with E-state index in [0.29, 0.717) is 69.3 Å². The molecule has 70 heavy (non-hydrogen) atoms. The molecule has 15 nitrogen and oxygen atoms in total. The Morgan fingerprint density at radius 3 is 2.53 bits per heavy atom. The highest BCUT2D eigenvalue weighted by Gasteiger charge is 2.34. The first-order chi connectivity index (χ1) is 33.3. The SMILES string of the molecule is COCC(=O)N1CCCC(CNc2ccc(S(=O)(=O)CC(=O)c3ccc(N4CCN(CC5=C(c6ccc(C(F)(F)F)cc6C)CC(C)(C)CC5)CC4)cc3Oc3cnc4[nH]ccc4c3)cc2[N+](=O)[O-])C1. The highest BCUT2D eigenvalue weighted by molar-refractivity contribution is 7.92. The van der Waals surface area contributed by atoms with E-state index in [1.807, 2.05) is 6.07 Å². The number of nitrogens with zero attached hydrogens (tertiary/aromatic N) is 5. The zero-order valence-electron chi connectivity index (χ0n) is 39.7. The molecule has 1 unspecified atom stereocenters. The molecule has 5 aromatic rings. The molecule has 0 bridgehead atoms. The number of piperidine rings is 1. The predicted octanol–water partition coefficient (Wildman–Crippen LogP) is 9.33. The van der Waals surface area contributed by atoms with E-state index in [0.717, 1.165) is 60.4 Å². The summed E-state index contributed by atoms with van der Waals surface area (Å²) < 4.78 is 79.9. The van der Waals surface area contributed by atoms with Gasteiger partial charge in [-0.3, -0.25) is 24.6 Å². The number of amides is 1. The van der Waals surface area contributed by atoms with Crippen molar-refractivity contribution in [2.45, 2.75) is 63.9 Å². The lowest BCUT2D eigenvalue weighted by Gasteiger charge is -2.39. The summed E-state index contributed by atoms with van der Waals surface area (Å²) in [7, 11) is -2.96. The van der Waals surface area contributed by atoms with Crippen LogP contribution >= 0.6 is 0 Å². The van der Waals surface area contributed by atoms with Crippen LogP contribution in [0.2, 0.25) is 0 Å². The quantitative estimate of drug-likeness (QED) is 0.0544. The molecule has 0 radical (unpaired) electrons. The van der Waals surface area contributed by atoms with Crippen molar-refractivity contribution in [3.8, 4) is 11.5 Å². The molecule has 2 aromatic heterocycles. The Kier molecular flexibility index (Phi) is 14.7. The molecule has 2 saturated heterocycles. The number of nitro groups is 1. The summed E-state index contributed by atoms with van der Waals surface area (Å²) in [6, 6.07) is 16.1. The van der Waals surface area contributed by atoms with Crippen molar-refractivity contribution in [2.75, 3.05) is 82.0 Å². The first-order valence-corrected chi connectivity index (χ1v) is 25.1. The number of hydrogen-bond donors (Lipinski definition) is 2. The number of allylic oxidation sites excluding steroid dienone is 1. The van der Waals surface area contributed by atoms with E-state index in [2.05, 4.69) is 38.9 Å². The van der Waals surface area contributed by atoms with E-state index >= 15 is 0 Å². The third kappa shape index (κ3) is 11.6. The molecular weight excluding hydrogens is 928 g/mol. The molecule has 1 amide bonds. The normalized spacial score (nSPS) is 18.0. The lowest BCUT2D eigenvalue weighted by molar-refractivity contribution is -0.384. The number of piperazine rings is 1. The Morgan fingerprint density at radius 2 is 1.80 bits per heavy atom. The number of alkyl halides is 3. The van der Waals surface area contributed by atoms with E-state index in [-0.39, 0.29) is 45.7 Å². The number of Topliss-reactive ketones (excluding diaryl/α,β-unsaturated/α-hetero) is 1. The highest BCUT2D eigenvalue weighted by Crippen LogP contribution is 2.45. The number of H-pyrrole nitrogens is 1. The van der Waals surface area contributed by atoms with Gasteiger partial charge in [-0.05, 0) is 116 Å². The Morgan fingerprint density at radius 1 is 1.01 bits per heavy atom. The van der Waals surface area contributed by atoms with Crippen molar-refractivity contribution in [1.82, 2.24) is 19.8 Å². The number of methoxy groups -OCH3 is 1. The minimum atomic E-state index is -4.42. The van der Waals surface area contributed by atoms with Crippen LogP contribution in [0.1, 0.15) is 73.0 Å². The van der Waals surface area contributed by atoms with Crippen molar-refractivity contribution in [1.29, 1.82) is 0 Å². The number of likely N-dealkylation sites (tertiary alicyclic amines) is 1. The smallest absolute Gasteiger partial charge is 0.416 e. The third-order valence-electron chi connectivity index (χ3n) is 13.7. The van der Waals surface area contributed by atoms with Crippen LogP contribution in [-0.4, -0.2) is 117 Å². The van der Waals surface area contributed by atoms with Crippen LogP contribution < -0.4 is 15.0 Å². The first kappa shape index (κ1) is 50.1. The second kappa shape index (κ2) is 20.6. The van der Waals surface area contributed by atoms with Crippen LogP contribution in [-0.2, 0) is 25.5 Å². The molecule has 19 heteroatoms. The van der Waals surface area contributed by atoms with Gasteiger partial charge in [-0.1, -0.05) is 25.5 Å². The zero-order valence-corrected chi connectivity index (χ0v) is 40.6. The summed E-state index contributed by atoms with van der Waals surface area (Å²) in [5.74, 6) is -1.47. The number of aromatic nitrogens is 2. The maximum absolute atomic E-state index is 14.1. The van der Waals surface area contributed by atoms with Gasteiger partial charge in [0.15, 0.2) is 15.6 Å². The van der Waals surface area contributed by atoms with Crippen LogP contribution in [0, 0.1) is 28.4 Å². The zero-order chi connectivity index (χ0) is 50.0. The number of carbonyl (C=O) groups excluding carboxylic acids is 2. The van der Waals surface area contributed by atoms with Gasteiger partial charge in [-0.15, -0.1) is 0 Å². The van der Waals surface area contributed by atoms with Gasteiger partial charge >= 0.3 is 6.18 Å². The molecule has 372 valence electrons. The third-order valence-corrected chi connectivity index (χ3v) is 15.3. The molecule has 3 aliphatic rings. The fourth-order valence-electron chi connectivity index (χ4n) is 9.80. The summed E-state index contributed by atoms with van der Waals surface area (Å²) in [5.41, 5.74) is 4.18. The minimum Gasteiger partial charge on any atom is -0.455 e. The van der Waals surface area contributed by atoms with Crippen LogP contribution in [0.15, 0.2) is 89.6 Å². The molecule has 0 spiro atoms. The Labute approximate surface area is 405 Å². The summed E-state index contributed by atoms with van der Waals surface area (Å²) in [6.45, 7) is 10.8. The summed E-state index contributed by atoms with van der Waals surface area (Å²) in [5, 5.41) is 16.1. The fraction of sp³-hybridized carbons (Fsp3) is 0.431. The van der Waals surface area contributed by atoms with Crippen molar-refractivity contribution >= 4 is 55.2 Å². The van der Waals surface area contributed by atoms with Crippen LogP contribution in [0.4, 0.5) is 30.2 Å². The van der Waals surface area contributed by atoms with Crippen LogP contribution in [0.5, 0.6) is 11.5 Å². The summed E-state index contributed by atoms with van der Waals surface area (Å²) >= 11 is 0. The first-order valence-electron chi connectivity index (χ1n) is 23.4. The van der Waals surface area contributed by atoms with Gasteiger partial charge in [0, 0.05) is 88.9 Å². The molecule has 2 fully saturated rings. The van der Waals surface area contributed by atoms with E-state index in [1.165, 1.54) is 49.2 Å². The van der Waals surface area contributed by atoms with Crippen molar-refractivity contribution in [3.05, 3.63) is 117 Å². The van der Waals surface area contributed by atoms with Crippen LogP contribution in [0.25, 0.3) is 16.6 Å². The van der Waals surface area contributed by atoms with Gasteiger partial charge in [0.25, 0.3) is 5.69 Å². The van der Waals surface area contributed by atoms with Crippen molar-refractivity contribution < 1.29 is 45.6 Å². The number of fused-ring (bicyclic) bond motifs is 1. The number of benzene rings is 3.